The van der Waals surface area contributed by atoms with Gasteiger partial charge in [-0.15, -0.1) is 6.58 Å². The van der Waals surface area contributed by atoms with E-state index >= 15 is 0 Å². The molecule has 0 radical (unpaired) electrons. The smallest absolute Gasteiger partial charge is 0.401 e. The van der Waals surface area contributed by atoms with Crippen molar-refractivity contribution in [1.29, 1.82) is 0 Å². The summed E-state index contributed by atoms with van der Waals surface area (Å²) in [6.07, 6.45) is 2.75. The number of rotatable bonds is 4. The SMILES string of the molecule is C=CCN1C(=O)SC(=Cc2ccc([N+](=O)[O-])o2)C1=O. The number of nitro groups is 1. The molecule has 8 heteroatoms. The molecule has 1 aliphatic heterocycles. The Morgan fingerprint density at radius 3 is 2.79 bits per heavy atom. The summed E-state index contributed by atoms with van der Waals surface area (Å²) < 4.78 is 4.89. The first-order valence-electron chi connectivity index (χ1n) is 5.13. The Bertz CT molecular complexity index is 604. The summed E-state index contributed by atoms with van der Waals surface area (Å²) in [6, 6.07) is 2.54. The largest absolute Gasteiger partial charge is 0.433 e. The van der Waals surface area contributed by atoms with E-state index in [1.807, 2.05) is 0 Å². The van der Waals surface area contributed by atoms with Gasteiger partial charge in [0, 0.05) is 12.6 Å². The molecule has 1 aromatic rings. The molecular weight excluding hydrogens is 272 g/mol. The lowest BCUT2D eigenvalue weighted by molar-refractivity contribution is -0.402. The second-order valence-corrected chi connectivity index (χ2v) is 4.51. The number of hydrogen-bond donors (Lipinski definition) is 0. The minimum Gasteiger partial charge on any atom is -0.401 e. The van der Waals surface area contributed by atoms with Gasteiger partial charge in [0.15, 0.2) is 0 Å². The Morgan fingerprint density at radius 2 is 2.21 bits per heavy atom. The van der Waals surface area contributed by atoms with E-state index in [0.717, 1.165) is 16.7 Å². The molecule has 2 heterocycles. The highest BCUT2D eigenvalue weighted by atomic mass is 32.2. The van der Waals surface area contributed by atoms with Crippen LogP contribution in [0.1, 0.15) is 5.76 Å². The number of furan rings is 1. The van der Waals surface area contributed by atoms with Gasteiger partial charge in [-0.1, -0.05) is 6.08 Å². The van der Waals surface area contributed by atoms with E-state index in [0.29, 0.717) is 0 Å². The molecule has 2 amide bonds. The van der Waals surface area contributed by atoms with Gasteiger partial charge in [-0.25, -0.2) is 0 Å². The van der Waals surface area contributed by atoms with Crippen molar-refractivity contribution >= 4 is 34.9 Å². The zero-order chi connectivity index (χ0) is 14.0. The lowest BCUT2D eigenvalue weighted by Crippen LogP contribution is -2.27. The predicted octanol–water partition coefficient (Wildman–Crippen LogP) is 2.41. The molecule has 0 atom stereocenters. The van der Waals surface area contributed by atoms with Crippen molar-refractivity contribution in [3.63, 3.8) is 0 Å². The minimum atomic E-state index is -0.680. The highest BCUT2D eigenvalue weighted by Gasteiger charge is 2.34. The number of amides is 2. The topological polar surface area (TPSA) is 93.7 Å². The molecule has 1 fully saturated rings. The number of imide groups is 1. The molecule has 0 unspecified atom stereocenters. The highest BCUT2D eigenvalue weighted by Crippen LogP contribution is 2.32. The van der Waals surface area contributed by atoms with Gasteiger partial charge in [-0.2, -0.15) is 0 Å². The summed E-state index contributed by atoms with van der Waals surface area (Å²) in [4.78, 5) is 34.3. The lowest BCUT2D eigenvalue weighted by atomic mass is 10.3. The number of thioether (sulfide) groups is 1. The first kappa shape index (κ1) is 13.1. The third-order valence-electron chi connectivity index (χ3n) is 2.25. The molecule has 98 valence electrons. The third kappa shape index (κ3) is 2.58. The number of carbonyl (C=O) groups excluding carboxylic acids is 2. The van der Waals surface area contributed by atoms with E-state index < -0.39 is 22.0 Å². The first-order chi connectivity index (χ1) is 9.02. The minimum absolute atomic E-state index is 0.125. The Balaban J connectivity index is 2.24. The van der Waals surface area contributed by atoms with Crippen molar-refractivity contribution in [3.05, 3.63) is 45.6 Å². The molecule has 7 nitrogen and oxygen atoms in total. The van der Waals surface area contributed by atoms with E-state index in [4.69, 9.17) is 4.42 Å². The summed E-state index contributed by atoms with van der Waals surface area (Å²) in [5, 5.41) is 10.0. The van der Waals surface area contributed by atoms with Gasteiger partial charge >= 0.3 is 5.88 Å². The van der Waals surface area contributed by atoms with Crippen LogP contribution < -0.4 is 0 Å². The molecule has 0 aromatic carbocycles. The molecule has 19 heavy (non-hydrogen) atoms. The summed E-state index contributed by atoms with van der Waals surface area (Å²) >= 11 is 0.755. The molecule has 1 saturated heterocycles. The summed E-state index contributed by atoms with van der Waals surface area (Å²) in [5.74, 6) is -0.735. The maximum absolute atomic E-state index is 11.8. The van der Waals surface area contributed by atoms with Crippen LogP contribution in [-0.2, 0) is 4.79 Å². The standard InChI is InChI=1S/C11H8N2O5S/c1-2-5-12-10(14)8(19-11(12)15)6-7-3-4-9(18-7)13(16)17/h2-4,6H,1,5H2. The van der Waals surface area contributed by atoms with Gasteiger partial charge in [0.2, 0.25) is 0 Å². The maximum atomic E-state index is 11.8. The zero-order valence-electron chi connectivity index (χ0n) is 9.57. The van der Waals surface area contributed by atoms with E-state index in [-0.39, 0.29) is 17.2 Å². The third-order valence-corrected chi connectivity index (χ3v) is 3.16. The average Bonchev–Trinajstić information content (AvgIpc) is 2.91. The van der Waals surface area contributed by atoms with Gasteiger partial charge in [0.05, 0.1) is 11.0 Å². The fourth-order valence-electron chi connectivity index (χ4n) is 1.43. The second kappa shape index (κ2) is 5.11. The number of carbonyl (C=O) groups is 2. The van der Waals surface area contributed by atoms with Crippen molar-refractivity contribution < 1.29 is 18.9 Å². The van der Waals surface area contributed by atoms with Crippen LogP contribution in [0.15, 0.2) is 34.1 Å². The van der Waals surface area contributed by atoms with Crippen molar-refractivity contribution in [2.24, 2.45) is 0 Å². The predicted molar refractivity (Wildman–Crippen MR) is 68.2 cm³/mol. The molecule has 0 aliphatic carbocycles. The average molecular weight is 280 g/mol. The summed E-state index contributed by atoms with van der Waals surface area (Å²) in [7, 11) is 0. The number of nitrogens with zero attached hydrogens (tertiary/aromatic N) is 2. The zero-order valence-corrected chi connectivity index (χ0v) is 10.4. The van der Waals surface area contributed by atoms with Crippen LogP contribution in [0.25, 0.3) is 6.08 Å². The summed E-state index contributed by atoms with van der Waals surface area (Å²) in [6.45, 7) is 3.58. The number of hydrogen-bond acceptors (Lipinski definition) is 6. The first-order valence-corrected chi connectivity index (χ1v) is 5.95. The van der Waals surface area contributed by atoms with Crippen LogP contribution in [-0.4, -0.2) is 27.5 Å². The van der Waals surface area contributed by atoms with Crippen molar-refractivity contribution in [3.8, 4) is 0 Å². The van der Waals surface area contributed by atoms with Crippen LogP contribution in [0.3, 0.4) is 0 Å². The molecule has 0 spiro atoms. The fraction of sp³-hybridized carbons (Fsp3) is 0.0909. The molecule has 2 rings (SSSR count). The molecule has 0 N–H and O–H groups in total. The van der Waals surface area contributed by atoms with Crippen LogP contribution in [0.2, 0.25) is 0 Å². The molecular formula is C11H8N2O5S. The molecule has 1 aliphatic rings. The quantitative estimate of drug-likeness (QED) is 0.364. The van der Waals surface area contributed by atoms with Gasteiger partial charge in [0.1, 0.15) is 10.7 Å². The lowest BCUT2D eigenvalue weighted by Gasteiger charge is -2.07. The Morgan fingerprint density at radius 1 is 1.47 bits per heavy atom. The van der Waals surface area contributed by atoms with Gasteiger partial charge in [0.25, 0.3) is 11.1 Å². The second-order valence-electron chi connectivity index (χ2n) is 3.51. The van der Waals surface area contributed by atoms with Gasteiger partial charge in [-0.3, -0.25) is 24.6 Å². The van der Waals surface area contributed by atoms with E-state index in [1.165, 1.54) is 24.3 Å². The maximum Gasteiger partial charge on any atom is 0.433 e. The Labute approximate surface area is 111 Å². The molecule has 0 bridgehead atoms. The van der Waals surface area contributed by atoms with Crippen LogP contribution in [0.4, 0.5) is 10.7 Å². The van der Waals surface area contributed by atoms with E-state index in [9.17, 15) is 19.7 Å². The fourth-order valence-corrected chi connectivity index (χ4v) is 2.26. The van der Waals surface area contributed by atoms with Crippen LogP contribution in [0, 0.1) is 10.1 Å². The highest BCUT2D eigenvalue weighted by molar-refractivity contribution is 8.18. The summed E-state index contributed by atoms with van der Waals surface area (Å²) in [5.41, 5.74) is 0. The molecule has 0 saturated carbocycles. The van der Waals surface area contributed by atoms with Crippen LogP contribution in [0.5, 0.6) is 0 Å². The monoisotopic (exact) mass is 280 g/mol. The molecule has 1 aromatic heterocycles. The van der Waals surface area contributed by atoms with E-state index in [2.05, 4.69) is 6.58 Å². The van der Waals surface area contributed by atoms with Crippen molar-refractivity contribution in [2.45, 2.75) is 0 Å². The van der Waals surface area contributed by atoms with Crippen LogP contribution >= 0.6 is 11.8 Å². The normalized spacial score (nSPS) is 17.3. The van der Waals surface area contributed by atoms with E-state index in [1.54, 1.807) is 0 Å². The van der Waals surface area contributed by atoms with Crippen molar-refractivity contribution in [1.82, 2.24) is 4.90 Å². The Hall–Kier alpha value is -2.35. The Kier molecular flexibility index (Phi) is 3.52. The van der Waals surface area contributed by atoms with Gasteiger partial charge in [-0.05, 0) is 17.8 Å². The van der Waals surface area contributed by atoms with Crippen molar-refractivity contribution in [2.75, 3.05) is 6.54 Å². The van der Waals surface area contributed by atoms with Gasteiger partial charge < -0.3 is 4.42 Å².